The standard InChI is InChI=1S/C19H33BO3/c1-3-4-5-6-7-8-9-10-11-12-13-18-16-19(23-20(21)22)15-14-17(18)2/h14-16,21-22H,3-13H2,1-2H3. The van der Waals surface area contributed by atoms with Crippen molar-refractivity contribution < 1.29 is 14.7 Å². The van der Waals surface area contributed by atoms with Gasteiger partial charge in [0.05, 0.1) is 0 Å². The molecule has 130 valence electrons. The summed E-state index contributed by atoms with van der Waals surface area (Å²) in [5.74, 6) is 0.521. The van der Waals surface area contributed by atoms with Crippen LogP contribution >= 0.6 is 0 Å². The van der Waals surface area contributed by atoms with Gasteiger partial charge in [0, 0.05) is 0 Å². The smallest absolute Gasteiger partial charge is 0.512 e. The van der Waals surface area contributed by atoms with Crippen molar-refractivity contribution >= 4 is 7.32 Å². The molecule has 0 aliphatic heterocycles. The number of hydrogen-bond donors (Lipinski definition) is 2. The van der Waals surface area contributed by atoms with E-state index in [2.05, 4.69) is 13.8 Å². The van der Waals surface area contributed by atoms with E-state index in [-0.39, 0.29) is 0 Å². The highest BCUT2D eigenvalue weighted by Gasteiger charge is 2.11. The zero-order valence-electron chi connectivity index (χ0n) is 14.9. The van der Waals surface area contributed by atoms with Gasteiger partial charge in [-0.3, -0.25) is 0 Å². The number of unbranched alkanes of at least 4 members (excludes halogenated alkanes) is 9. The van der Waals surface area contributed by atoms with Gasteiger partial charge in [-0.1, -0.05) is 70.8 Å². The summed E-state index contributed by atoms with van der Waals surface area (Å²) in [5.41, 5.74) is 2.48. The summed E-state index contributed by atoms with van der Waals surface area (Å²) in [6, 6.07) is 5.67. The maximum Gasteiger partial charge on any atom is 0.707 e. The van der Waals surface area contributed by atoms with E-state index >= 15 is 0 Å². The molecule has 0 spiro atoms. The first-order valence-corrected chi connectivity index (χ1v) is 9.25. The van der Waals surface area contributed by atoms with Gasteiger partial charge in [0.1, 0.15) is 5.75 Å². The monoisotopic (exact) mass is 320 g/mol. The lowest BCUT2D eigenvalue weighted by molar-refractivity contribution is 0.288. The first kappa shape index (κ1) is 20.1. The van der Waals surface area contributed by atoms with Crippen molar-refractivity contribution in [2.24, 2.45) is 0 Å². The molecule has 0 aromatic heterocycles. The van der Waals surface area contributed by atoms with Crippen molar-refractivity contribution in [3.63, 3.8) is 0 Å². The van der Waals surface area contributed by atoms with E-state index in [1.807, 2.05) is 12.1 Å². The highest BCUT2D eigenvalue weighted by molar-refractivity contribution is 6.33. The lowest BCUT2D eigenvalue weighted by atomic mass is 10.0. The average Bonchev–Trinajstić information content (AvgIpc) is 2.51. The first-order chi connectivity index (χ1) is 11.1. The molecule has 0 fully saturated rings. The molecular formula is C19H33BO3. The zero-order valence-corrected chi connectivity index (χ0v) is 14.9. The van der Waals surface area contributed by atoms with Crippen LogP contribution in [0.1, 0.15) is 82.3 Å². The fraction of sp³-hybridized carbons (Fsp3) is 0.684. The Morgan fingerprint density at radius 1 is 0.870 bits per heavy atom. The summed E-state index contributed by atoms with van der Waals surface area (Å²) < 4.78 is 4.92. The van der Waals surface area contributed by atoms with Gasteiger partial charge in [-0.25, -0.2) is 0 Å². The molecule has 1 rings (SSSR count). The minimum atomic E-state index is -1.75. The van der Waals surface area contributed by atoms with E-state index in [9.17, 15) is 0 Å². The van der Waals surface area contributed by atoms with Gasteiger partial charge in [-0.15, -0.1) is 0 Å². The topological polar surface area (TPSA) is 49.7 Å². The molecule has 0 radical (unpaired) electrons. The van der Waals surface area contributed by atoms with Crippen LogP contribution < -0.4 is 4.65 Å². The molecule has 0 unspecified atom stereocenters. The predicted molar refractivity (Wildman–Crippen MR) is 97.5 cm³/mol. The molecule has 0 bridgehead atoms. The van der Waals surface area contributed by atoms with Gasteiger partial charge in [-0.2, -0.15) is 0 Å². The normalized spacial score (nSPS) is 10.8. The Kier molecular flexibility index (Phi) is 10.8. The number of rotatable bonds is 13. The van der Waals surface area contributed by atoms with Crippen LogP contribution in [0.4, 0.5) is 0 Å². The Hall–Kier alpha value is -0.995. The number of hydrogen-bond acceptors (Lipinski definition) is 3. The zero-order chi connectivity index (χ0) is 16.9. The van der Waals surface area contributed by atoms with Crippen LogP contribution in [-0.4, -0.2) is 17.4 Å². The van der Waals surface area contributed by atoms with Crippen molar-refractivity contribution in [3.8, 4) is 5.75 Å². The van der Waals surface area contributed by atoms with Crippen molar-refractivity contribution in [2.45, 2.75) is 84.5 Å². The summed E-state index contributed by atoms with van der Waals surface area (Å²) in [5, 5.41) is 17.7. The van der Waals surface area contributed by atoms with Crippen molar-refractivity contribution in [2.75, 3.05) is 0 Å². The van der Waals surface area contributed by atoms with E-state index in [1.54, 1.807) is 6.07 Å². The lowest BCUT2D eigenvalue weighted by Crippen LogP contribution is -2.20. The van der Waals surface area contributed by atoms with E-state index in [4.69, 9.17) is 14.7 Å². The molecule has 0 amide bonds. The molecule has 0 aliphatic rings. The highest BCUT2D eigenvalue weighted by atomic mass is 16.6. The molecule has 2 N–H and O–H groups in total. The van der Waals surface area contributed by atoms with Gasteiger partial charge in [-0.05, 0) is 43.0 Å². The minimum Gasteiger partial charge on any atom is -0.512 e. The van der Waals surface area contributed by atoms with Gasteiger partial charge in [0.2, 0.25) is 0 Å². The molecule has 0 atom stereocenters. The van der Waals surface area contributed by atoms with Crippen molar-refractivity contribution in [1.82, 2.24) is 0 Å². The van der Waals surface area contributed by atoms with Crippen LogP contribution in [0.5, 0.6) is 5.75 Å². The predicted octanol–water partition coefficient (Wildman–Crippen LogP) is 4.81. The van der Waals surface area contributed by atoms with E-state index in [0.29, 0.717) is 5.75 Å². The molecule has 23 heavy (non-hydrogen) atoms. The second kappa shape index (κ2) is 12.4. The molecule has 1 aromatic rings. The van der Waals surface area contributed by atoms with Crippen LogP contribution in [0.25, 0.3) is 0 Å². The minimum absolute atomic E-state index is 0.521. The fourth-order valence-corrected chi connectivity index (χ4v) is 2.92. The Morgan fingerprint density at radius 2 is 1.43 bits per heavy atom. The molecular weight excluding hydrogens is 287 g/mol. The third-order valence-electron chi connectivity index (χ3n) is 4.36. The van der Waals surface area contributed by atoms with E-state index < -0.39 is 7.32 Å². The van der Waals surface area contributed by atoms with Crippen LogP contribution in [0, 0.1) is 6.92 Å². The Bertz CT molecular complexity index is 421. The first-order valence-electron chi connectivity index (χ1n) is 9.25. The lowest BCUT2D eigenvalue weighted by Gasteiger charge is -2.10. The largest absolute Gasteiger partial charge is 0.707 e. The molecule has 0 aliphatic carbocycles. The second-order valence-corrected chi connectivity index (χ2v) is 6.46. The third-order valence-corrected chi connectivity index (χ3v) is 4.36. The quantitative estimate of drug-likeness (QED) is 0.405. The molecule has 4 heteroatoms. The number of benzene rings is 1. The van der Waals surface area contributed by atoms with E-state index in [0.717, 1.165) is 6.42 Å². The maximum absolute atomic E-state index is 8.86. The molecule has 0 heterocycles. The third kappa shape index (κ3) is 9.67. The van der Waals surface area contributed by atoms with E-state index in [1.165, 1.54) is 75.3 Å². The van der Waals surface area contributed by atoms with Gasteiger partial charge >= 0.3 is 7.32 Å². The fourth-order valence-electron chi connectivity index (χ4n) is 2.92. The Labute approximate surface area is 142 Å². The van der Waals surface area contributed by atoms with Gasteiger partial charge in [0.15, 0.2) is 0 Å². The molecule has 0 saturated heterocycles. The highest BCUT2D eigenvalue weighted by Crippen LogP contribution is 2.20. The summed E-state index contributed by atoms with van der Waals surface area (Å²) in [6.07, 6.45) is 14.4. The Balaban J connectivity index is 2.13. The van der Waals surface area contributed by atoms with Crippen LogP contribution in [0.3, 0.4) is 0 Å². The number of aryl methyl sites for hydroxylation is 2. The summed E-state index contributed by atoms with van der Waals surface area (Å²) in [6.45, 7) is 4.35. The molecule has 3 nitrogen and oxygen atoms in total. The molecule has 1 aromatic carbocycles. The summed E-state index contributed by atoms with van der Waals surface area (Å²) >= 11 is 0. The van der Waals surface area contributed by atoms with Crippen LogP contribution in [-0.2, 0) is 6.42 Å². The van der Waals surface area contributed by atoms with Gasteiger partial charge in [0.25, 0.3) is 0 Å². The van der Waals surface area contributed by atoms with Crippen LogP contribution in [0.15, 0.2) is 18.2 Å². The maximum atomic E-state index is 8.86. The molecule has 0 saturated carbocycles. The van der Waals surface area contributed by atoms with Gasteiger partial charge < -0.3 is 14.7 Å². The van der Waals surface area contributed by atoms with Crippen LogP contribution in [0.2, 0.25) is 0 Å². The second-order valence-electron chi connectivity index (χ2n) is 6.46. The van der Waals surface area contributed by atoms with Crippen molar-refractivity contribution in [1.29, 1.82) is 0 Å². The Morgan fingerprint density at radius 3 is 2.00 bits per heavy atom. The summed E-state index contributed by atoms with van der Waals surface area (Å²) in [7, 11) is -1.75. The summed E-state index contributed by atoms with van der Waals surface area (Å²) in [4.78, 5) is 0. The average molecular weight is 320 g/mol. The SMILES string of the molecule is CCCCCCCCCCCCc1cc(OB(O)O)ccc1C. The van der Waals surface area contributed by atoms with Crippen molar-refractivity contribution in [3.05, 3.63) is 29.3 Å².